The van der Waals surface area contributed by atoms with Gasteiger partial charge in [0.1, 0.15) is 16.4 Å². The molecule has 1 aromatic carbocycles. The second-order valence-electron chi connectivity index (χ2n) is 9.48. The highest BCUT2D eigenvalue weighted by atomic mass is 32.2. The van der Waals surface area contributed by atoms with Crippen LogP contribution in [0.3, 0.4) is 0 Å². The summed E-state index contributed by atoms with van der Waals surface area (Å²) >= 11 is 8.17. The van der Waals surface area contributed by atoms with Gasteiger partial charge in [-0.3, -0.25) is 24.2 Å². The van der Waals surface area contributed by atoms with Gasteiger partial charge < -0.3 is 9.47 Å². The number of ether oxygens (including phenoxy) is 2. The van der Waals surface area contributed by atoms with Crippen LogP contribution in [0, 0.1) is 6.92 Å². The van der Waals surface area contributed by atoms with Crippen LogP contribution in [-0.2, 0) is 33.4 Å². The van der Waals surface area contributed by atoms with Gasteiger partial charge in [-0.1, -0.05) is 47.4 Å². The molecule has 0 atom stereocenters. The number of likely N-dealkylation sites (tertiary alicyclic amines) is 1. The first-order chi connectivity index (χ1) is 18.4. The molecule has 0 aromatic heterocycles. The summed E-state index contributed by atoms with van der Waals surface area (Å²) in [5.74, 6) is -2.45. The van der Waals surface area contributed by atoms with Crippen LogP contribution >= 0.6 is 35.7 Å². The fourth-order valence-electron chi connectivity index (χ4n) is 4.59. The second kappa shape index (κ2) is 11.3. The Hall–Kier alpha value is -2.96. The number of hydrogen-bond acceptors (Lipinski definition) is 10. The van der Waals surface area contributed by atoms with Crippen molar-refractivity contribution >= 4 is 81.5 Å². The van der Waals surface area contributed by atoms with Crippen LogP contribution < -0.4 is 4.90 Å². The van der Waals surface area contributed by atoms with Gasteiger partial charge in [0.25, 0.3) is 0 Å². The van der Waals surface area contributed by atoms with Crippen LogP contribution in [0.15, 0.2) is 32.2 Å². The summed E-state index contributed by atoms with van der Waals surface area (Å²) in [5.41, 5.74) is 1.69. The third kappa shape index (κ3) is 5.29. The maximum absolute atomic E-state index is 13.7. The molecular weight excluding hydrogens is 561 g/mol. The molecule has 1 fully saturated rings. The smallest absolute Gasteiger partial charge is 0.346 e. The van der Waals surface area contributed by atoms with E-state index in [0.717, 1.165) is 34.0 Å². The fourth-order valence-corrected chi connectivity index (χ4v) is 7.58. The van der Waals surface area contributed by atoms with E-state index in [9.17, 15) is 24.0 Å². The van der Waals surface area contributed by atoms with Crippen LogP contribution in [0.4, 0.5) is 5.69 Å². The van der Waals surface area contributed by atoms with Crippen molar-refractivity contribution in [2.24, 2.45) is 0 Å². The van der Waals surface area contributed by atoms with E-state index in [2.05, 4.69) is 0 Å². The molecule has 4 rings (SSSR count). The molecule has 39 heavy (non-hydrogen) atoms. The topological polar surface area (TPSA) is 110 Å². The number of thioether (sulfide) groups is 2. The van der Waals surface area contributed by atoms with Crippen LogP contribution in [0.25, 0.3) is 5.57 Å². The number of fused-ring (bicyclic) bond motifs is 1. The van der Waals surface area contributed by atoms with E-state index in [4.69, 9.17) is 21.7 Å². The number of esters is 2. The van der Waals surface area contributed by atoms with E-state index in [0.29, 0.717) is 25.9 Å². The number of nitrogens with zero attached hydrogens (tertiary/aromatic N) is 2. The van der Waals surface area contributed by atoms with Crippen molar-refractivity contribution in [1.29, 1.82) is 0 Å². The Morgan fingerprint density at radius 1 is 0.974 bits per heavy atom. The van der Waals surface area contributed by atoms with Gasteiger partial charge in [0.05, 0.1) is 33.5 Å². The number of carbonyl (C=O) groups excluding carboxylic acids is 5. The van der Waals surface area contributed by atoms with Crippen molar-refractivity contribution in [3.8, 4) is 0 Å². The number of rotatable bonds is 6. The van der Waals surface area contributed by atoms with Crippen LogP contribution in [0.2, 0.25) is 0 Å². The lowest BCUT2D eigenvalue weighted by atomic mass is 9.82. The zero-order valence-electron chi connectivity index (χ0n) is 22.2. The number of benzene rings is 1. The molecule has 206 valence electrons. The molecule has 1 saturated heterocycles. The van der Waals surface area contributed by atoms with E-state index in [1.165, 1.54) is 4.90 Å². The standard InChI is InChI=1S/C27H28N2O7S3/c1-6-35-24(33)21-22(25(34)36-7-2)39-26(38-21)20-15-12-14(3)8-9-16(15)29(27(4,5)23(20)37)19(32)13-28-17(30)10-11-18(28)31/h8-9,12H,6-7,10-11,13H2,1-5H3. The minimum absolute atomic E-state index is 0.0903. The van der Waals surface area contributed by atoms with Crippen molar-refractivity contribution in [3.05, 3.63) is 43.4 Å². The zero-order valence-corrected chi connectivity index (χ0v) is 24.7. The average Bonchev–Trinajstić information content (AvgIpc) is 3.44. The van der Waals surface area contributed by atoms with Crippen molar-refractivity contribution in [2.45, 2.75) is 53.0 Å². The number of thiocarbonyl (C=S) groups is 1. The highest BCUT2D eigenvalue weighted by molar-refractivity contribution is 8.29. The summed E-state index contributed by atoms with van der Waals surface area (Å²) in [5, 5.41) is 0. The molecular formula is C27H28N2O7S3. The van der Waals surface area contributed by atoms with Crippen LogP contribution in [0.5, 0.6) is 0 Å². The average molecular weight is 589 g/mol. The molecule has 0 unspecified atom stereocenters. The molecule has 0 saturated carbocycles. The van der Waals surface area contributed by atoms with Crippen molar-refractivity contribution in [1.82, 2.24) is 4.90 Å². The van der Waals surface area contributed by atoms with E-state index in [1.807, 2.05) is 19.1 Å². The highest BCUT2D eigenvalue weighted by Crippen LogP contribution is 2.56. The van der Waals surface area contributed by atoms with Gasteiger partial charge in [0.2, 0.25) is 17.7 Å². The Bertz CT molecular complexity index is 1330. The molecule has 0 aliphatic carbocycles. The lowest BCUT2D eigenvalue weighted by Crippen LogP contribution is -2.58. The second-order valence-corrected chi connectivity index (χ2v) is 12.2. The summed E-state index contributed by atoms with van der Waals surface area (Å²) in [6, 6.07) is 5.55. The first kappa shape index (κ1) is 29.0. The summed E-state index contributed by atoms with van der Waals surface area (Å²) < 4.78 is 11.0. The van der Waals surface area contributed by atoms with Gasteiger partial charge >= 0.3 is 11.9 Å². The number of amides is 3. The summed E-state index contributed by atoms with van der Waals surface area (Å²) in [6.07, 6.45) is 0.181. The first-order valence-corrected chi connectivity index (χ1v) is 14.5. The molecule has 0 radical (unpaired) electrons. The van der Waals surface area contributed by atoms with E-state index >= 15 is 0 Å². The molecule has 0 spiro atoms. The van der Waals surface area contributed by atoms with Crippen LogP contribution in [0.1, 0.15) is 51.7 Å². The normalized spacial score (nSPS) is 18.6. The van der Waals surface area contributed by atoms with Gasteiger partial charge in [-0.25, -0.2) is 9.59 Å². The zero-order chi connectivity index (χ0) is 28.6. The van der Waals surface area contributed by atoms with Crippen LogP contribution in [-0.4, -0.2) is 64.7 Å². The number of aryl methyl sites for hydroxylation is 1. The summed E-state index contributed by atoms with van der Waals surface area (Å²) in [6.45, 7) is 8.75. The SMILES string of the molecule is CCOC(=O)C1=C(C(=O)OCC)SC(=C2C(=S)C(C)(C)N(C(=O)CN3C(=O)CCC3=O)c3ccc(C)cc32)S1. The summed E-state index contributed by atoms with van der Waals surface area (Å²) in [7, 11) is 0. The fraction of sp³-hybridized carbons (Fsp3) is 0.407. The van der Waals surface area contributed by atoms with Gasteiger partial charge in [-0.15, -0.1) is 0 Å². The van der Waals surface area contributed by atoms with Gasteiger partial charge in [0.15, 0.2) is 0 Å². The predicted molar refractivity (Wildman–Crippen MR) is 154 cm³/mol. The minimum Gasteiger partial charge on any atom is -0.462 e. The maximum atomic E-state index is 13.7. The number of anilines is 1. The lowest BCUT2D eigenvalue weighted by Gasteiger charge is -2.45. The Morgan fingerprint density at radius 2 is 1.51 bits per heavy atom. The van der Waals surface area contributed by atoms with E-state index in [-0.39, 0.29) is 54.2 Å². The third-order valence-corrected chi connectivity index (χ3v) is 9.68. The lowest BCUT2D eigenvalue weighted by molar-refractivity contribution is -0.142. The first-order valence-electron chi connectivity index (χ1n) is 12.4. The predicted octanol–water partition coefficient (Wildman–Crippen LogP) is 4.13. The molecule has 1 aromatic rings. The highest BCUT2D eigenvalue weighted by Gasteiger charge is 2.47. The minimum atomic E-state index is -1.04. The van der Waals surface area contributed by atoms with Crippen molar-refractivity contribution in [3.63, 3.8) is 0 Å². The largest absolute Gasteiger partial charge is 0.462 e. The van der Waals surface area contributed by atoms with E-state index < -0.39 is 23.4 Å². The quantitative estimate of drug-likeness (QED) is 0.208. The Balaban J connectivity index is 1.82. The molecule has 0 bridgehead atoms. The van der Waals surface area contributed by atoms with Gasteiger partial charge in [-0.05, 0) is 46.8 Å². The molecule has 0 N–H and O–H groups in total. The molecule has 9 nitrogen and oxygen atoms in total. The van der Waals surface area contributed by atoms with Gasteiger partial charge in [0, 0.05) is 24.0 Å². The number of imide groups is 1. The van der Waals surface area contributed by atoms with E-state index in [1.54, 1.807) is 33.8 Å². The number of hydrogen-bond donors (Lipinski definition) is 0. The molecule has 3 aliphatic rings. The Morgan fingerprint density at radius 3 is 2.03 bits per heavy atom. The van der Waals surface area contributed by atoms with Crippen molar-refractivity contribution < 1.29 is 33.4 Å². The van der Waals surface area contributed by atoms with Gasteiger partial charge in [-0.2, -0.15) is 0 Å². The number of carbonyl (C=O) groups is 5. The third-order valence-electron chi connectivity index (χ3n) is 6.42. The summed E-state index contributed by atoms with van der Waals surface area (Å²) in [4.78, 5) is 66.9. The molecule has 3 heterocycles. The molecule has 3 amide bonds. The monoisotopic (exact) mass is 588 g/mol. The maximum Gasteiger partial charge on any atom is 0.346 e. The van der Waals surface area contributed by atoms with Crippen molar-refractivity contribution in [2.75, 3.05) is 24.7 Å². The Labute approximate surface area is 240 Å². The molecule has 3 aliphatic heterocycles. The molecule has 12 heteroatoms. The Kier molecular flexibility index (Phi) is 8.38.